The predicted molar refractivity (Wildman–Crippen MR) is 127 cm³/mol. The molecule has 0 spiro atoms. The zero-order valence-electron chi connectivity index (χ0n) is 18.0. The van der Waals surface area contributed by atoms with Gasteiger partial charge in [0.25, 0.3) is 5.56 Å². The summed E-state index contributed by atoms with van der Waals surface area (Å²) in [6.45, 7) is 2.35. The first-order valence-corrected chi connectivity index (χ1v) is 11.8. The van der Waals surface area contributed by atoms with Crippen LogP contribution < -0.4 is 10.9 Å². The van der Waals surface area contributed by atoms with Gasteiger partial charge in [-0.1, -0.05) is 47.7 Å². The van der Waals surface area contributed by atoms with Gasteiger partial charge in [-0.3, -0.25) is 14.2 Å². The van der Waals surface area contributed by atoms with Crippen LogP contribution in [0.4, 0.5) is 4.39 Å². The highest BCUT2D eigenvalue weighted by atomic mass is 32.2. The number of para-hydroxylation sites is 2. The summed E-state index contributed by atoms with van der Waals surface area (Å²) in [5, 5.41) is 3.17. The zero-order chi connectivity index (χ0) is 22.5. The van der Waals surface area contributed by atoms with Gasteiger partial charge in [-0.2, -0.15) is 0 Å². The van der Waals surface area contributed by atoms with Gasteiger partial charge in [0.05, 0.1) is 21.8 Å². The summed E-state index contributed by atoms with van der Waals surface area (Å²) in [5.74, 6) is -0.653. The second kappa shape index (κ2) is 10.1. The van der Waals surface area contributed by atoms with Gasteiger partial charge in [0.1, 0.15) is 5.82 Å². The van der Waals surface area contributed by atoms with Gasteiger partial charge >= 0.3 is 0 Å². The average molecular weight is 452 g/mol. The third-order valence-electron chi connectivity index (χ3n) is 5.62. The lowest BCUT2D eigenvalue weighted by Gasteiger charge is -2.17. The number of benzene rings is 2. The third-order valence-corrected chi connectivity index (χ3v) is 6.67. The van der Waals surface area contributed by atoms with Crippen LogP contribution in [0.3, 0.4) is 0 Å². The molecule has 1 aliphatic rings. The van der Waals surface area contributed by atoms with Crippen LogP contribution >= 0.6 is 11.8 Å². The maximum atomic E-state index is 14.6. The van der Waals surface area contributed by atoms with E-state index in [1.54, 1.807) is 49.4 Å². The van der Waals surface area contributed by atoms with Crippen LogP contribution in [0.5, 0.6) is 0 Å². The number of carbonyl (C=O) groups excluding carboxylic acids is 1. The fourth-order valence-corrected chi connectivity index (χ4v) is 4.81. The first-order chi connectivity index (χ1) is 15.5. The van der Waals surface area contributed by atoms with E-state index in [1.807, 2.05) is 0 Å². The number of amides is 1. The molecule has 0 fully saturated rings. The van der Waals surface area contributed by atoms with Gasteiger partial charge in [0.2, 0.25) is 5.91 Å². The highest BCUT2D eigenvalue weighted by Crippen LogP contribution is 2.26. The minimum absolute atomic E-state index is 0.120. The van der Waals surface area contributed by atoms with Crippen molar-refractivity contribution in [2.75, 3.05) is 6.54 Å². The maximum absolute atomic E-state index is 14.6. The molecule has 0 saturated carbocycles. The minimum Gasteiger partial charge on any atom is -0.355 e. The lowest BCUT2D eigenvalue weighted by Crippen LogP contribution is -2.33. The van der Waals surface area contributed by atoms with Crippen molar-refractivity contribution in [3.8, 4) is 5.69 Å². The van der Waals surface area contributed by atoms with E-state index in [9.17, 15) is 14.0 Å². The van der Waals surface area contributed by atoms with Gasteiger partial charge in [0, 0.05) is 6.54 Å². The number of fused-ring (bicyclic) bond motifs is 1. The van der Waals surface area contributed by atoms with E-state index < -0.39 is 11.1 Å². The number of nitrogens with one attached hydrogen (secondary N) is 1. The molecule has 1 heterocycles. The Balaban J connectivity index is 1.58. The lowest BCUT2D eigenvalue weighted by molar-refractivity contribution is -0.120. The van der Waals surface area contributed by atoms with Gasteiger partial charge in [-0.25, -0.2) is 9.37 Å². The molecule has 0 aliphatic heterocycles. The van der Waals surface area contributed by atoms with E-state index >= 15 is 0 Å². The normalized spacial score (nSPS) is 14.8. The molecule has 0 radical (unpaired) electrons. The van der Waals surface area contributed by atoms with Crippen LogP contribution in [0, 0.1) is 5.82 Å². The van der Waals surface area contributed by atoms with Crippen molar-refractivity contribution >= 4 is 28.6 Å². The fourth-order valence-electron chi connectivity index (χ4n) is 3.87. The van der Waals surface area contributed by atoms with E-state index in [4.69, 9.17) is 0 Å². The Morgan fingerprint density at radius 2 is 1.97 bits per heavy atom. The van der Waals surface area contributed by atoms with E-state index in [0.717, 1.165) is 31.0 Å². The highest BCUT2D eigenvalue weighted by Gasteiger charge is 2.21. The van der Waals surface area contributed by atoms with E-state index in [0.29, 0.717) is 17.4 Å². The molecule has 32 heavy (non-hydrogen) atoms. The van der Waals surface area contributed by atoms with Crippen LogP contribution in [0.25, 0.3) is 16.6 Å². The Kier molecular flexibility index (Phi) is 7.05. The monoisotopic (exact) mass is 451 g/mol. The number of halogens is 1. The Labute approximate surface area is 190 Å². The fraction of sp³-hybridized carbons (Fsp3) is 0.320. The number of rotatable bonds is 7. The number of allylic oxidation sites excluding steroid dienone is 1. The molecule has 0 bridgehead atoms. The first-order valence-electron chi connectivity index (χ1n) is 10.9. The largest absolute Gasteiger partial charge is 0.355 e. The number of hydrogen-bond donors (Lipinski definition) is 1. The average Bonchev–Trinajstić information content (AvgIpc) is 2.81. The smallest absolute Gasteiger partial charge is 0.266 e. The van der Waals surface area contributed by atoms with Crippen molar-refractivity contribution in [1.29, 1.82) is 0 Å². The van der Waals surface area contributed by atoms with Crippen LogP contribution in [-0.2, 0) is 4.79 Å². The molecule has 3 aromatic rings. The number of hydrogen-bond acceptors (Lipinski definition) is 4. The van der Waals surface area contributed by atoms with Crippen LogP contribution in [0.1, 0.15) is 39.0 Å². The number of carbonyl (C=O) groups is 1. The Morgan fingerprint density at radius 1 is 1.19 bits per heavy atom. The molecule has 1 N–H and O–H groups in total. The molecule has 2 aromatic carbocycles. The van der Waals surface area contributed by atoms with Crippen molar-refractivity contribution in [2.45, 2.75) is 49.4 Å². The Bertz CT molecular complexity index is 1220. The quantitative estimate of drug-likeness (QED) is 0.312. The molecule has 1 amide bonds. The van der Waals surface area contributed by atoms with Crippen LogP contribution in [0.15, 0.2) is 70.1 Å². The van der Waals surface area contributed by atoms with Crippen molar-refractivity contribution in [3.63, 3.8) is 0 Å². The van der Waals surface area contributed by atoms with E-state index in [2.05, 4.69) is 16.4 Å². The molecular weight excluding hydrogens is 425 g/mol. The molecule has 1 aromatic heterocycles. The molecule has 7 heteroatoms. The first kappa shape index (κ1) is 22.3. The van der Waals surface area contributed by atoms with Crippen molar-refractivity contribution in [1.82, 2.24) is 14.9 Å². The second-order valence-electron chi connectivity index (χ2n) is 7.91. The lowest BCUT2D eigenvalue weighted by atomic mass is 9.97. The van der Waals surface area contributed by atoms with Crippen molar-refractivity contribution in [2.24, 2.45) is 0 Å². The summed E-state index contributed by atoms with van der Waals surface area (Å²) in [6, 6.07) is 13.1. The minimum atomic E-state index is -0.522. The molecule has 166 valence electrons. The van der Waals surface area contributed by atoms with E-state index in [-0.39, 0.29) is 22.3 Å². The predicted octanol–water partition coefficient (Wildman–Crippen LogP) is 5.01. The Morgan fingerprint density at radius 3 is 2.75 bits per heavy atom. The maximum Gasteiger partial charge on any atom is 0.266 e. The summed E-state index contributed by atoms with van der Waals surface area (Å²) >= 11 is 1.16. The SMILES string of the molecule is C[C@@H](Sc1nc2ccccc2c(=O)n1-c1ccccc1F)C(=O)NCCC1=CCCCC1. The molecule has 0 saturated heterocycles. The van der Waals surface area contributed by atoms with Crippen LogP contribution in [0.2, 0.25) is 0 Å². The summed E-state index contributed by atoms with van der Waals surface area (Å²) < 4.78 is 15.9. The summed E-state index contributed by atoms with van der Waals surface area (Å²) in [4.78, 5) is 30.5. The number of thioether (sulfide) groups is 1. The standard InChI is InChI=1S/C25H26FN3O2S/c1-17(23(30)27-16-15-18-9-3-2-4-10-18)32-25-28-21-13-7-5-11-19(21)24(31)29(25)22-14-8-6-12-20(22)26/h5-9,11-14,17H,2-4,10,15-16H2,1H3,(H,27,30)/t17-/m1/s1. The van der Waals surface area contributed by atoms with E-state index in [1.165, 1.54) is 29.0 Å². The van der Waals surface area contributed by atoms with Crippen LogP contribution in [-0.4, -0.2) is 27.3 Å². The topological polar surface area (TPSA) is 64.0 Å². The molecular formula is C25H26FN3O2S. The van der Waals surface area contributed by atoms with Gasteiger partial charge in [-0.05, 0) is 63.3 Å². The summed E-state index contributed by atoms with van der Waals surface area (Å²) in [5.41, 5.74) is 1.68. The van der Waals surface area contributed by atoms with Crippen molar-refractivity contribution < 1.29 is 9.18 Å². The zero-order valence-corrected chi connectivity index (χ0v) is 18.8. The van der Waals surface area contributed by atoms with Crippen molar-refractivity contribution in [3.05, 3.63) is 76.4 Å². The number of nitrogens with zero attached hydrogens (tertiary/aromatic N) is 2. The molecule has 1 aliphatic carbocycles. The second-order valence-corrected chi connectivity index (χ2v) is 9.22. The number of aromatic nitrogens is 2. The Hall–Kier alpha value is -2.93. The summed E-state index contributed by atoms with van der Waals surface area (Å²) in [7, 11) is 0. The molecule has 4 rings (SSSR count). The molecule has 5 nitrogen and oxygen atoms in total. The molecule has 0 unspecified atom stereocenters. The highest BCUT2D eigenvalue weighted by molar-refractivity contribution is 8.00. The summed E-state index contributed by atoms with van der Waals surface area (Å²) in [6.07, 6.45) is 7.82. The van der Waals surface area contributed by atoms with Gasteiger partial charge < -0.3 is 5.32 Å². The molecule has 1 atom stereocenters. The third kappa shape index (κ3) is 4.93. The van der Waals surface area contributed by atoms with Gasteiger partial charge in [-0.15, -0.1) is 0 Å². The van der Waals surface area contributed by atoms with Gasteiger partial charge in [0.15, 0.2) is 5.16 Å².